The Balaban J connectivity index is 1.91. The molecule has 1 aromatic carbocycles. The molecule has 1 N–H and O–H groups in total. The molecule has 1 amide bonds. The number of nitrogens with zero attached hydrogens (tertiary/aromatic N) is 1. The Kier molecular flexibility index (Phi) is 5.00. The van der Waals surface area contributed by atoms with Crippen LogP contribution in [0.2, 0.25) is 0 Å². The maximum atomic E-state index is 12.1. The summed E-state index contributed by atoms with van der Waals surface area (Å²) in [6.07, 6.45) is 3.92. The van der Waals surface area contributed by atoms with Crippen LogP contribution in [0.5, 0.6) is 0 Å². The van der Waals surface area contributed by atoms with Crippen molar-refractivity contribution < 1.29 is 4.79 Å². The summed E-state index contributed by atoms with van der Waals surface area (Å²) >= 11 is 2.24. The minimum Gasteiger partial charge on any atom is -0.337 e. The van der Waals surface area contributed by atoms with Gasteiger partial charge in [0.25, 0.3) is 5.91 Å². The van der Waals surface area contributed by atoms with Crippen molar-refractivity contribution in [1.82, 2.24) is 10.2 Å². The summed E-state index contributed by atoms with van der Waals surface area (Å²) in [5, 5.41) is 3.07. The fourth-order valence-corrected chi connectivity index (χ4v) is 2.63. The van der Waals surface area contributed by atoms with Crippen LogP contribution in [0.4, 0.5) is 0 Å². The van der Waals surface area contributed by atoms with Crippen molar-refractivity contribution in [2.75, 3.05) is 13.1 Å². The Labute approximate surface area is 122 Å². The van der Waals surface area contributed by atoms with E-state index in [1.165, 1.54) is 19.3 Å². The molecule has 1 unspecified atom stereocenters. The Morgan fingerprint density at radius 1 is 1.22 bits per heavy atom. The number of halogens is 1. The van der Waals surface area contributed by atoms with Crippen LogP contribution in [0.3, 0.4) is 0 Å². The number of benzene rings is 1. The summed E-state index contributed by atoms with van der Waals surface area (Å²) in [6, 6.07) is 7.67. The monoisotopic (exact) mass is 358 g/mol. The minimum atomic E-state index is 0.0180. The van der Waals surface area contributed by atoms with Crippen LogP contribution in [0, 0.1) is 3.57 Å². The number of carbonyl (C=O) groups excluding carboxylic acids is 1. The van der Waals surface area contributed by atoms with E-state index in [2.05, 4.69) is 39.7 Å². The fraction of sp³-hybridized carbons (Fsp3) is 0.500. The van der Waals surface area contributed by atoms with E-state index < -0.39 is 0 Å². The van der Waals surface area contributed by atoms with Crippen LogP contribution < -0.4 is 5.32 Å². The molecule has 1 saturated heterocycles. The predicted molar refractivity (Wildman–Crippen MR) is 81.5 cm³/mol. The lowest BCUT2D eigenvalue weighted by Gasteiger charge is -2.32. The van der Waals surface area contributed by atoms with Crippen molar-refractivity contribution in [1.29, 1.82) is 0 Å². The van der Waals surface area contributed by atoms with Crippen molar-refractivity contribution in [2.45, 2.75) is 32.4 Å². The second-order valence-corrected chi connectivity index (χ2v) is 6.00. The highest BCUT2D eigenvalue weighted by Gasteiger charge is 2.18. The van der Waals surface area contributed by atoms with Crippen molar-refractivity contribution >= 4 is 28.5 Å². The highest BCUT2D eigenvalue weighted by molar-refractivity contribution is 14.1. The lowest BCUT2D eigenvalue weighted by atomic mass is 10.1. The number of hydrogen-bond acceptors (Lipinski definition) is 2. The molecular weight excluding hydrogens is 339 g/mol. The molecule has 1 aromatic rings. The van der Waals surface area contributed by atoms with Gasteiger partial charge in [0.15, 0.2) is 0 Å². The summed E-state index contributed by atoms with van der Waals surface area (Å²) in [7, 11) is 0. The van der Waals surface area contributed by atoms with E-state index in [0.717, 1.165) is 22.2 Å². The van der Waals surface area contributed by atoms with Crippen LogP contribution in [0.1, 0.15) is 36.5 Å². The zero-order chi connectivity index (χ0) is 13.0. The number of piperidine rings is 1. The largest absolute Gasteiger partial charge is 0.337 e. The van der Waals surface area contributed by atoms with E-state index >= 15 is 0 Å². The van der Waals surface area contributed by atoms with Crippen molar-refractivity contribution in [3.63, 3.8) is 0 Å². The van der Waals surface area contributed by atoms with Gasteiger partial charge in [-0.05, 0) is 66.6 Å². The van der Waals surface area contributed by atoms with E-state index in [1.54, 1.807) is 0 Å². The average molecular weight is 358 g/mol. The van der Waals surface area contributed by atoms with Crippen LogP contribution in [0.15, 0.2) is 24.3 Å². The van der Waals surface area contributed by atoms with Crippen LogP contribution in [0.25, 0.3) is 0 Å². The zero-order valence-corrected chi connectivity index (χ0v) is 12.8. The molecule has 18 heavy (non-hydrogen) atoms. The molecule has 1 aliphatic heterocycles. The molecule has 0 saturated carbocycles. The second kappa shape index (κ2) is 6.52. The van der Waals surface area contributed by atoms with Gasteiger partial charge in [0, 0.05) is 22.2 Å². The first-order chi connectivity index (χ1) is 8.66. The smallest absolute Gasteiger partial charge is 0.252 e. The normalized spacial score (nSPS) is 18.3. The lowest BCUT2D eigenvalue weighted by Crippen LogP contribution is -2.48. The summed E-state index contributed by atoms with van der Waals surface area (Å²) < 4.78 is 1.15. The Hall–Kier alpha value is -0.620. The number of likely N-dealkylation sites (tertiary alicyclic amines) is 1. The van der Waals surface area contributed by atoms with E-state index in [0.29, 0.717) is 0 Å². The number of carbonyl (C=O) groups is 1. The molecule has 2 rings (SSSR count). The van der Waals surface area contributed by atoms with E-state index in [9.17, 15) is 4.79 Å². The third-order valence-electron chi connectivity index (χ3n) is 3.38. The Morgan fingerprint density at radius 2 is 1.83 bits per heavy atom. The quantitative estimate of drug-likeness (QED) is 0.843. The SMILES string of the molecule is CC(NC(=O)c1ccc(I)cc1)N1CCCCC1. The maximum absolute atomic E-state index is 12.1. The first kappa shape index (κ1) is 13.8. The lowest BCUT2D eigenvalue weighted by molar-refractivity contribution is 0.0839. The van der Waals surface area contributed by atoms with Gasteiger partial charge in [0.2, 0.25) is 0 Å². The van der Waals surface area contributed by atoms with Crippen LogP contribution >= 0.6 is 22.6 Å². The highest BCUT2D eigenvalue weighted by Crippen LogP contribution is 2.12. The summed E-state index contributed by atoms with van der Waals surface area (Å²) in [4.78, 5) is 14.4. The topological polar surface area (TPSA) is 32.3 Å². The fourth-order valence-electron chi connectivity index (χ4n) is 2.27. The van der Waals surface area contributed by atoms with E-state index in [4.69, 9.17) is 0 Å². The summed E-state index contributed by atoms with van der Waals surface area (Å²) in [6.45, 7) is 4.25. The van der Waals surface area contributed by atoms with Gasteiger partial charge in [-0.25, -0.2) is 0 Å². The average Bonchev–Trinajstić information content (AvgIpc) is 2.40. The van der Waals surface area contributed by atoms with Crippen molar-refractivity contribution in [2.24, 2.45) is 0 Å². The minimum absolute atomic E-state index is 0.0180. The third kappa shape index (κ3) is 3.68. The molecule has 0 spiro atoms. The van der Waals surface area contributed by atoms with Gasteiger partial charge in [-0.2, -0.15) is 0 Å². The van der Waals surface area contributed by atoms with E-state index in [1.807, 2.05) is 24.3 Å². The summed E-state index contributed by atoms with van der Waals surface area (Å²) in [5.74, 6) is 0.0180. The first-order valence-electron chi connectivity index (χ1n) is 6.47. The number of nitrogens with one attached hydrogen (secondary N) is 1. The molecule has 3 nitrogen and oxygen atoms in total. The second-order valence-electron chi connectivity index (χ2n) is 4.75. The molecule has 0 radical (unpaired) electrons. The molecule has 1 heterocycles. The van der Waals surface area contributed by atoms with Crippen molar-refractivity contribution in [3.05, 3.63) is 33.4 Å². The number of amides is 1. The van der Waals surface area contributed by atoms with Gasteiger partial charge < -0.3 is 5.32 Å². The van der Waals surface area contributed by atoms with Gasteiger partial charge in [0.05, 0.1) is 6.17 Å². The zero-order valence-electron chi connectivity index (χ0n) is 10.7. The van der Waals surface area contributed by atoms with Gasteiger partial charge in [-0.15, -0.1) is 0 Å². The Morgan fingerprint density at radius 3 is 2.44 bits per heavy atom. The van der Waals surface area contributed by atoms with Crippen LogP contribution in [-0.4, -0.2) is 30.1 Å². The molecule has 0 aliphatic carbocycles. The highest BCUT2D eigenvalue weighted by atomic mass is 127. The maximum Gasteiger partial charge on any atom is 0.252 e. The van der Waals surface area contributed by atoms with Gasteiger partial charge in [0.1, 0.15) is 0 Å². The molecule has 0 bridgehead atoms. The number of hydrogen-bond donors (Lipinski definition) is 1. The molecule has 1 aliphatic rings. The van der Waals surface area contributed by atoms with Gasteiger partial charge >= 0.3 is 0 Å². The standard InChI is InChI=1S/C14H19IN2O/c1-11(17-9-3-2-4-10-17)16-14(18)12-5-7-13(15)8-6-12/h5-8,11H,2-4,9-10H2,1H3,(H,16,18). The van der Waals surface area contributed by atoms with Crippen LogP contribution in [-0.2, 0) is 0 Å². The molecular formula is C14H19IN2O. The van der Waals surface area contributed by atoms with Crippen molar-refractivity contribution in [3.8, 4) is 0 Å². The third-order valence-corrected chi connectivity index (χ3v) is 4.10. The molecule has 1 atom stereocenters. The molecule has 4 heteroatoms. The Bertz CT molecular complexity index is 399. The first-order valence-corrected chi connectivity index (χ1v) is 7.55. The number of rotatable bonds is 3. The molecule has 1 fully saturated rings. The van der Waals surface area contributed by atoms with E-state index in [-0.39, 0.29) is 12.1 Å². The van der Waals surface area contributed by atoms with Gasteiger partial charge in [-0.1, -0.05) is 6.42 Å². The molecule has 98 valence electrons. The summed E-state index contributed by atoms with van der Waals surface area (Å²) in [5.41, 5.74) is 0.735. The van der Waals surface area contributed by atoms with Gasteiger partial charge in [-0.3, -0.25) is 9.69 Å². The molecule has 0 aromatic heterocycles. The predicted octanol–water partition coefficient (Wildman–Crippen LogP) is 2.85.